The lowest BCUT2D eigenvalue weighted by molar-refractivity contribution is 0.0955. The number of hydrogen-bond acceptors (Lipinski definition) is 4. The van der Waals surface area contributed by atoms with Crippen LogP contribution < -0.4 is 15.8 Å². The summed E-state index contributed by atoms with van der Waals surface area (Å²) in [7, 11) is -3.23. The third kappa shape index (κ3) is 4.72. The molecule has 0 aliphatic carbocycles. The van der Waals surface area contributed by atoms with Crippen molar-refractivity contribution in [3.8, 4) is 0 Å². The molecular formula is C11H17N3O3S. The molecule has 0 fully saturated rings. The molecule has 0 spiro atoms. The topological polar surface area (TPSA) is 101 Å². The van der Waals surface area contributed by atoms with Crippen LogP contribution in [0.15, 0.2) is 18.2 Å². The molecule has 0 unspecified atom stereocenters. The summed E-state index contributed by atoms with van der Waals surface area (Å²) in [5.41, 5.74) is 7.49. The maximum Gasteiger partial charge on any atom is 0.253 e. The highest BCUT2D eigenvalue weighted by molar-refractivity contribution is 7.88. The molecule has 0 aliphatic heterocycles. The third-order valence-corrected chi connectivity index (χ3v) is 2.96. The van der Waals surface area contributed by atoms with Crippen molar-refractivity contribution in [2.45, 2.75) is 6.92 Å². The van der Waals surface area contributed by atoms with Crippen molar-refractivity contribution in [2.75, 3.05) is 25.1 Å². The second kappa shape index (κ2) is 5.83. The van der Waals surface area contributed by atoms with Crippen molar-refractivity contribution in [3.05, 3.63) is 29.3 Å². The number of benzene rings is 1. The molecule has 0 radical (unpaired) electrons. The SMILES string of the molecule is Cc1ccc(C(=O)NCCNS(C)(=O)=O)c(N)c1. The van der Waals surface area contributed by atoms with Gasteiger partial charge in [-0.15, -0.1) is 0 Å². The smallest absolute Gasteiger partial charge is 0.253 e. The van der Waals surface area contributed by atoms with Gasteiger partial charge >= 0.3 is 0 Å². The zero-order valence-corrected chi connectivity index (χ0v) is 11.2. The van der Waals surface area contributed by atoms with E-state index in [2.05, 4.69) is 10.0 Å². The summed E-state index contributed by atoms with van der Waals surface area (Å²) in [6, 6.07) is 5.15. The minimum atomic E-state index is -3.23. The van der Waals surface area contributed by atoms with Crippen LogP contribution >= 0.6 is 0 Å². The molecule has 0 bridgehead atoms. The molecule has 0 saturated heterocycles. The zero-order valence-electron chi connectivity index (χ0n) is 10.4. The van der Waals surface area contributed by atoms with Crippen LogP contribution in [-0.2, 0) is 10.0 Å². The summed E-state index contributed by atoms with van der Waals surface area (Å²) in [6.07, 6.45) is 1.06. The van der Waals surface area contributed by atoms with Crippen LogP contribution in [0.4, 0.5) is 5.69 Å². The van der Waals surface area contributed by atoms with E-state index < -0.39 is 10.0 Å². The maximum atomic E-state index is 11.7. The van der Waals surface area contributed by atoms with Crippen molar-refractivity contribution in [1.29, 1.82) is 0 Å². The monoisotopic (exact) mass is 271 g/mol. The molecule has 1 aromatic carbocycles. The number of aryl methyl sites for hydroxylation is 1. The van der Waals surface area contributed by atoms with Gasteiger partial charge < -0.3 is 11.1 Å². The van der Waals surface area contributed by atoms with Crippen LogP contribution in [0.1, 0.15) is 15.9 Å². The molecule has 18 heavy (non-hydrogen) atoms. The van der Waals surface area contributed by atoms with E-state index in [9.17, 15) is 13.2 Å². The van der Waals surface area contributed by atoms with E-state index in [1.165, 1.54) is 0 Å². The second-order valence-corrected chi connectivity index (χ2v) is 5.85. The molecule has 6 nitrogen and oxygen atoms in total. The zero-order chi connectivity index (χ0) is 13.8. The summed E-state index contributed by atoms with van der Waals surface area (Å²) >= 11 is 0. The number of carbonyl (C=O) groups is 1. The predicted molar refractivity (Wildman–Crippen MR) is 70.8 cm³/mol. The lowest BCUT2D eigenvalue weighted by Crippen LogP contribution is -2.34. The van der Waals surface area contributed by atoms with Crippen molar-refractivity contribution >= 4 is 21.6 Å². The average molecular weight is 271 g/mol. The highest BCUT2D eigenvalue weighted by Gasteiger charge is 2.09. The van der Waals surface area contributed by atoms with E-state index in [4.69, 9.17) is 5.73 Å². The van der Waals surface area contributed by atoms with Crippen LogP contribution in [0.25, 0.3) is 0 Å². The first-order valence-electron chi connectivity index (χ1n) is 5.38. The van der Waals surface area contributed by atoms with E-state index in [0.717, 1.165) is 11.8 Å². The lowest BCUT2D eigenvalue weighted by atomic mass is 10.1. The maximum absolute atomic E-state index is 11.7. The van der Waals surface area contributed by atoms with Crippen LogP contribution in [0.2, 0.25) is 0 Å². The fraction of sp³-hybridized carbons (Fsp3) is 0.364. The average Bonchev–Trinajstić information content (AvgIpc) is 2.22. The van der Waals surface area contributed by atoms with Gasteiger partial charge in [0.25, 0.3) is 5.91 Å². The molecule has 100 valence electrons. The van der Waals surface area contributed by atoms with Gasteiger partial charge in [-0.3, -0.25) is 4.79 Å². The number of sulfonamides is 1. The van der Waals surface area contributed by atoms with Gasteiger partial charge in [-0.05, 0) is 24.6 Å². The highest BCUT2D eigenvalue weighted by atomic mass is 32.2. The van der Waals surface area contributed by atoms with E-state index in [-0.39, 0.29) is 19.0 Å². The number of nitrogens with one attached hydrogen (secondary N) is 2. The fourth-order valence-corrected chi connectivity index (χ4v) is 1.87. The normalized spacial score (nSPS) is 11.2. The van der Waals surface area contributed by atoms with Crippen molar-refractivity contribution in [3.63, 3.8) is 0 Å². The molecule has 0 heterocycles. The van der Waals surface area contributed by atoms with Gasteiger partial charge in [-0.1, -0.05) is 6.07 Å². The Hall–Kier alpha value is -1.60. The molecule has 0 aromatic heterocycles. The van der Waals surface area contributed by atoms with E-state index in [1.807, 2.05) is 6.92 Å². The number of anilines is 1. The summed E-state index contributed by atoms with van der Waals surface area (Å²) in [5.74, 6) is -0.317. The molecule has 1 amide bonds. The van der Waals surface area contributed by atoms with Gasteiger partial charge in [-0.25, -0.2) is 13.1 Å². The Kier molecular flexibility index (Phi) is 4.69. The van der Waals surface area contributed by atoms with Gasteiger partial charge in [0.1, 0.15) is 0 Å². The Morgan fingerprint density at radius 3 is 2.56 bits per heavy atom. The number of amides is 1. The van der Waals surface area contributed by atoms with Crippen LogP contribution in [0, 0.1) is 6.92 Å². The van der Waals surface area contributed by atoms with Crippen molar-refractivity contribution in [1.82, 2.24) is 10.0 Å². The molecule has 1 aromatic rings. The van der Waals surface area contributed by atoms with E-state index >= 15 is 0 Å². The minimum absolute atomic E-state index is 0.149. The summed E-state index contributed by atoms with van der Waals surface area (Å²) in [5, 5.41) is 2.59. The summed E-state index contributed by atoms with van der Waals surface area (Å²) in [6.45, 7) is 2.24. The predicted octanol–water partition coefficient (Wildman–Crippen LogP) is -0.144. The molecule has 4 N–H and O–H groups in total. The van der Waals surface area contributed by atoms with Crippen molar-refractivity contribution in [2.24, 2.45) is 0 Å². The number of nitrogens with two attached hydrogens (primary N) is 1. The molecule has 0 aliphatic rings. The highest BCUT2D eigenvalue weighted by Crippen LogP contribution is 2.13. The Labute approximate surface area is 107 Å². The largest absolute Gasteiger partial charge is 0.398 e. The number of rotatable bonds is 5. The molecule has 0 saturated carbocycles. The molecule has 0 atom stereocenters. The number of carbonyl (C=O) groups excluding carboxylic acids is 1. The first kappa shape index (κ1) is 14.5. The van der Waals surface area contributed by atoms with Gasteiger partial charge in [0.2, 0.25) is 10.0 Å². The summed E-state index contributed by atoms with van der Waals surface area (Å²) in [4.78, 5) is 11.7. The Balaban J connectivity index is 2.51. The quantitative estimate of drug-likeness (QED) is 0.512. The fourth-order valence-electron chi connectivity index (χ4n) is 1.40. The lowest BCUT2D eigenvalue weighted by Gasteiger charge is -2.08. The minimum Gasteiger partial charge on any atom is -0.398 e. The van der Waals surface area contributed by atoms with Crippen LogP contribution in [0.5, 0.6) is 0 Å². The van der Waals surface area contributed by atoms with Gasteiger partial charge in [0, 0.05) is 18.8 Å². The third-order valence-electron chi connectivity index (χ3n) is 2.23. The van der Waals surface area contributed by atoms with Gasteiger partial charge in [0.05, 0.1) is 11.8 Å². The van der Waals surface area contributed by atoms with Crippen LogP contribution in [0.3, 0.4) is 0 Å². The Morgan fingerprint density at radius 2 is 2.00 bits per heavy atom. The molecule has 1 rings (SSSR count). The van der Waals surface area contributed by atoms with E-state index in [0.29, 0.717) is 11.3 Å². The van der Waals surface area contributed by atoms with E-state index in [1.54, 1.807) is 18.2 Å². The molecule has 7 heteroatoms. The first-order valence-corrected chi connectivity index (χ1v) is 7.28. The summed E-state index contributed by atoms with van der Waals surface area (Å²) < 4.78 is 23.9. The van der Waals surface area contributed by atoms with Crippen LogP contribution in [-0.4, -0.2) is 33.7 Å². The standard InChI is InChI=1S/C11H17N3O3S/c1-8-3-4-9(10(12)7-8)11(15)13-5-6-14-18(2,16)17/h3-4,7,14H,5-6,12H2,1-2H3,(H,13,15). The van der Waals surface area contributed by atoms with Gasteiger partial charge in [-0.2, -0.15) is 0 Å². The Bertz CT molecular complexity index is 540. The number of nitrogen functional groups attached to an aromatic ring is 1. The first-order chi connectivity index (χ1) is 8.29. The number of hydrogen-bond donors (Lipinski definition) is 3. The second-order valence-electron chi connectivity index (χ2n) is 4.01. The Morgan fingerprint density at radius 1 is 1.33 bits per heavy atom. The van der Waals surface area contributed by atoms with Crippen molar-refractivity contribution < 1.29 is 13.2 Å². The molecular weight excluding hydrogens is 254 g/mol. The van der Waals surface area contributed by atoms with Gasteiger partial charge in [0.15, 0.2) is 0 Å².